The number of carbonyl (C=O) groups excluding carboxylic acids is 1. The Kier molecular flexibility index (Phi) is 3.59. The first-order valence-corrected chi connectivity index (χ1v) is 6.44. The molecule has 0 spiro atoms. The summed E-state index contributed by atoms with van der Waals surface area (Å²) in [5, 5.41) is 2.65. The summed E-state index contributed by atoms with van der Waals surface area (Å²) >= 11 is 0. The van der Waals surface area contributed by atoms with Crippen molar-refractivity contribution in [3.8, 4) is 0 Å². The van der Waals surface area contributed by atoms with Crippen molar-refractivity contribution in [2.45, 2.75) is 25.7 Å². The lowest BCUT2D eigenvalue weighted by molar-refractivity contribution is -0.123. The first kappa shape index (κ1) is 13.7. The highest BCUT2D eigenvalue weighted by molar-refractivity contribution is 7.85. The van der Waals surface area contributed by atoms with E-state index in [0.717, 1.165) is 0 Å². The Bertz CT molecular complexity index is 511. The number of amides is 1. The topological polar surface area (TPSA) is 83.5 Å². The van der Waals surface area contributed by atoms with Crippen LogP contribution in [0.5, 0.6) is 0 Å². The second-order valence-electron chi connectivity index (χ2n) is 4.70. The van der Waals surface area contributed by atoms with Gasteiger partial charge in [-0.2, -0.15) is 8.42 Å². The molecule has 0 fully saturated rings. The summed E-state index contributed by atoms with van der Waals surface area (Å²) in [5.41, 5.74) is -0.0424. The molecular weight excluding hydrogens is 242 g/mol. The zero-order valence-electron chi connectivity index (χ0n) is 9.89. The molecule has 1 rings (SSSR count). The highest BCUT2D eigenvalue weighted by Gasteiger charge is 2.21. The third-order valence-corrected chi connectivity index (χ3v) is 2.96. The SMILES string of the molecule is CC(C)(C)C(=O)Nc1ccc(S(=O)(=O)O)cc1. The van der Waals surface area contributed by atoms with Crippen LogP contribution in [0.3, 0.4) is 0 Å². The summed E-state index contributed by atoms with van der Waals surface area (Å²) in [6, 6.07) is 5.31. The van der Waals surface area contributed by atoms with Crippen LogP contribution in [0, 0.1) is 5.41 Å². The summed E-state index contributed by atoms with van der Waals surface area (Å²) in [5.74, 6) is -0.169. The van der Waals surface area contributed by atoms with Gasteiger partial charge in [0, 0.05) is 11.1 Å². The van der Waals surface area contributed by atoms with Crippen LogP contribution >= 0.6 is 0 Å². The third kappa shape index (κ3) is 3.83. The van der Waals surface area contributed by atoms with Gasteiger partial charge in [-0.1, -0.05) is 20.8 Å². The number of carbonyl (C=O) groups is 1. The minimum Gasteiger partial charge on any atom is -0.326 e. The highest BCUT2D eigenvalue weighted by atomic mass is 32.2. The fourth-order valence-corrected chi connectivity index (χ4v) is 1.51. The Balaban J connectivity index is 2.87. The van der Waals surface area contributed by atoms with Gasteiger partial charge < -0.3 is 5.32 Å². The van der Waals surface area contributed by atoms with Crippen molar-refractivity contribution in [2.75, 3.05) is 5.32 Å². The predicted molar refractivity (Wildman–Crippen MR) is 64.3 cm³/mol. The highest BCUT2D eigenvalue weighted by Crippen LogP contribution is 2.18. The van der Waals surface area contributed by atoms with Gasteiger partial charge in [0.25, 0.3) is 10.1 Å². The van der Waals surface area contributed by atoms with Gasteiger partial charge in [0.2, 0.25) is 5.91 Å². The maximum Gasteiger partial charge on any atom is 0.294 e. The fraction of sp³-hybridized carbons (Fsp3) is 0.364. The third-order valence-electron chi connectivity index (χ3n) is 2.09. The maximum atomic E-state index is 11.6. The number of rotatable bonds is 2. The van der Waals surface area contributed by atoms with E-state index >= 15 is 0 Å². The van der Waals surface area contributed by atoms with E-state index < -0.39 is 15.5 Å². The molecule has 0 aliphatic rings. The number of hydrogen-bond acceptors (Lipinski definition) is 3. The lowest BCUT2D eigenvalue weighted by Gasteiger charge is -2.17. The van der Waals surface area contributed by atoms with Crippen LogP contribution < -0.4 is 5.32 Å². The van der Waals surface area contributed by atoms with Crippen LogP contribution in [-0.2, 0) is 14.9 Å². The van der Waals surface area contributed by atoms with Crippen molar-refractivity contribution in [1.29, 1.82) is 0 Å². The van der Waals surface area contributed by atoms with Gasteiger partial charge in [0.15, 0.2) is 0 Å². The van der Waals surface area contributed by atoms with Crippen molar-refractivity contribution in [2.24, 2.45) is 5.41 Å². The summed E-state index contributed by atoms with van der Waals surface area (Å²) in [4.78, 5) is 11.4. The Morgan fingerprint density at radius 1 is 1.18 bits per heavy atom. The molecular formula is C11H15NO4S. The molecule has 0 bridgehead atoms. The van der Waals surface area contributed by atoms with Crippen LogP contribution in [-0.4, -0.2) is 18.9 Å². The van der Waals surface area contributed by atoms with Crippen LogP contribution in [0.4, 0.5) is 5.69 Å². The molecule has 6 heteroatoms. The fourth-order valence-electron chi connectivity index (χ4n) is 1.03. The molecule has 1 aromatic carbocycles. The maximum absolute atomic E-state index is 11.6. The quantitative estimate of drug-likeness (QED) is 0.793. The normalized spacial score (nSPS) is 12.2. The van der Waals surface area contributed by atoms with E-state index in [2.05, 4.69) is 5.32 Å². The number of anilines is 1. The molecule has 0 saturated heterocycles. The molecule has 5 nitrogen and oxygen atoms in total. The van der Waals surface area contributed by atoms with E-state index in [9.17, 15) is 13.2 Å². The van der Waals surface area contributed by atoms with Crippen LogP contribution in [0.2, 0.25) is 0 Å². The van der Waals surface area contributed by atoms with E-state index in [1.54, 1.807) is 20.8 Å². The largest absolute Gasteiger partial charge is 0.326 e. The van der Waals surface area contributed by atoms with Crippen LogP contribution in [0.25, 0.3) is 0 Å². The zero-order chi connectivity index (χ0) is 13.3. The second kappa shape index (κ2) is 4.46. The van der Waals surface area contributed by atoms with Gasteiger partial charge in [-0.05, 0) is 24.3 Å². The van der Waals surface area contributed by atoms with Crippen LogP contribution in [0.1, 0.15) is 20.8 Å². The Morgan fingerprint density at radius 2 is 1.65 bits per heavy atom. The van der Waals surface area contributed by atoms with Gasteiger partial charge in [0.05, 0.1) is 4.90 Å². The lowest BCUT2D eigenvalue weighted by atomic mass is 9.95. The van der Waals surface area contributed by atoms with E-state index in [-0.39, 0.29) is 10.8 Å². The molecule has 2 N–H and O–H groups in total. The predicted octanol–water partition coefficient (Wildman–Crippen LogP) is 1.92. The first-order valence-electron chi connectivity index (χ1n) is 5.00. The Labute approximate surface area is 101 Å². The molecule has 0 aliphatic heterocycles. The molecule has 0 saturated carbocycles. The van der Waals surface area contributed by atoms with Gasteiger partial charge in [0.1, 0.15) is 0 Å². The molecule has 0 aliphatic carbocycles. The molecule has 0 heterocycles. The van der Waals surface area contributed by atoms with Gasteiger partial charge in [-0.15, -0.1) is 0 Å². The summed E-state index contributed by atoms with van der Waals surface area (Å²) < 4.78 is 30.4. The number of benzene rings is 1. The average molecular weight is 257 g/mol. The van der Waals surface area contributed by atoms with E-state index in [0.29, 0.717) is 5.69 Å². The number of hydrogen-bond donors (Lipinski definition) is 2. The molecule has 0 aromatic heterocycles. The van der Waals surface area contributed by atoms with Crippen molar-refractivity contribution >= 4 is 21.7 Å². The molecule has 1 amide bonds. The zero-order valence-corrected chi connectivity index (χ0v) is 10.7. The molecule has 94 valence electrons. The molecule has 0 unspecified atom stereocenters. The lowest BCUT2D eigenvalue weighted by Crippen LogP contribution is -2.27. The smallest absolute Gasteiger partial charge is 0.294 e. The van der Waals surface area contributed by atoms with Crippen molar-refractivity contribution in [1.82, 2.24) is 0 Å². The van der Waals surface area contributed by atoms with Crippen molar-refractivity contribution in [3.05, 3.63) is 24.3 Å². The minimum atomic E-state index is -4.19. The van der Waals surface area contributed by atoms with Crippen molar-refractivity contribution < 1.29 is 17.8 Å². The first-order chi connectivity index (χ1) is 7.60. The van der Waals surface area contributed by atoms with Gasteiger partial charge in [-0.3, -0.25) is 9.35 Å². The molecule has 0 atom stereocenters. The molecule has 1 aromatic rings. The second-order valence-corrected chi connectivity index (χ2v) is 6.13. The standard InChI is InChI=1S/C11H15NO4S/c1-11(2,3)10(13)12-8-4-6-9(7-5-8)17(14,15)16/h4-7H,1-3H3,(H,12,13)(H,14,15,16). The van der Waals surface area contributed by atoms with Gasteiger partial charge >= 0.3 is 0 Å². The Hall–Kier alpha value is -1.40. The summed E-state index contributed by atoms with van der Waals surface area (Å²) in [7, 11) is -4.19. The molecule has 17 heavy (non-hydrogen) atoms. The van der Waals surface area contributed by atoms with E-state index in [1.165, 1.54) is 24.3 Å². The monoisotopic (exact) mass is 257 g/mol. The van der Waals surface area contributed by atoms with Gasteiger partial charge in [-0.25, -0.2) is 0 Å². The summed E-state index contributed by atoms with van der Waals surface area (Å²) in [6.07, 6.45) is 0. The van der Waals surface area contributed by atoms with E-state index in [1.807, 2.05) is 0 Å². The van der Waals surface area contributed by atoms with E-state index in [4.69, 9.17) is 4.55 Å². The Morgan fingerprint density at radius 3 is 2.00 bits per heavy atom. The van der Waals surface area contributed by atoms with Crippen molar-refractivity contribution in [3.63, 3.8) is 0 Å². The van der Waals surface area contributed by atoms with Crippen LogP contribution in [0.15, 0.2) is 29.2 Å². The minimum absolute atomic E-state index is 0.169. The average Bonchev–Trinajstić information content (AvgIpc) is 2.15. The molecule has 0 radical (unpaired) electrons. The number of nitrogens with one attached hydrogen (secondary N) is 1. The summed E-state index contributed by atoms with van der Waals surface area (Å²) in [6.45, 7) is 5.32.